The Hall–Kier alpha value is -1.27. The minimum atomic E-state index is 0.432. The fourth-order valence-electron chi connectivity index (χ4n) is 1.38. The Kier molecular flexibility index (Phi) is 4.43. The summed E-state index contributed by atoms with van der Waals surface area (Å²) in [5.41, 5.74) is 0.691. The van der Waals surface area contributed by atoms with Crippen LogP contribution in [0.15, 0.2) is 27.3 Å². The van der Waals surface area contributed by atoms with Crippen LogP contribution in [0.1, 0.15) is 26.2 Å². The molecule has 0 saturated carbocycles. The number of aromatic nitrogens is 3. The van der Waals surface area contributed by atoms with Crippen molar-refractivity contribution in [3.63, 3.8) is 0 Å². The van der Waals surface area contributed by atoms with E-state index < -0.39 is 0 Å². The molecular weight excluding hydrogens is 296 g/mol. The number of hydrogen-bond acceptors (Lipinski definition) is 5. The van der Waals surface area contributed by atoms with E-state index in [0.29, 0.717) is 30.0 Å². The van der Waals surface area contributed by atoms with E-state index in [1.54, 1.807) is 6.20 Å². The summed E-state index contributed by atoms with van der Waals surface area (Å²) in [5, 5.41) is 7.23. The van der Waals surface area contributed by atoms with Crippen LogP contribution in [0.2, 0.25) is 0 Å². The van der Waals surface area contributed by atoms with E-state index in [0.717, 1.165) is 10.9 Å². The van der Waals surface area contributed by atoms with E-state index in [-0.39, 0.29) is 0 Å². The van der Waals surface area contributed by atoms with Gasteiger partial charge in [-0.05, 0) is 41.4 Å². The zero-order valence-corrected chi connectivity index (χ0v) is 11.9. The minimum Gasteiger partial charge on any atom is -0.337 e. The first-order valence-electron chi connectivity index (χ1n) is 5.87. The summed E-state index contributed by atoms with van der Waals surface area (Å²) in [6.07, 6.45) is 2.76. The first-order chi connectivity index (χ1) is 8.70. The molecule has 1 unspecified atom stereocenters. The molecule has 0 bridgehead atoms. The van der Waals surface area contributed by atoms with Crippen LogP contribution < -0.4 is 5.32 Å². The zero-order valence-electron chi connectivity index (χ0n) is 10.4. The zero-order chi connectivity index (χ0) is 13.0. The quantitative estimate of drug-likeness (QED) is 0.920. The molecule has 0 aliphatic carbocycles. The molecule has 1 atom stereocenters. The van der Waals surface area contributed by atoms with Crippen LogP contribution in [-0.2, 0) is 6.54 Å². The standard InChI is InChI=1S/C12H15BrN4O/c1-3-8(2)15-7-10-16-12(17-18-10)11-9(13)5-4-6-14-11/h4-6,8,15H,3,7H2,1-2H3. The van der Waals surface area contributed by atoms with Crippen LogP contribution >= 0.6 is 15.9 Å². The molecule has 18 heavy (non-hydrogen) atoms. The summed E-state index contributed by atoms with van der Waals surface area (Å²) in [6.45, 7) is 4.82. The molecule has 0 aromatic carbocycles. The molecule has 1 N–H and O–H groups in total. The molecule has 0 amide bonds. The molecule has 0 fully saturated rings. The summed E-state index contributed by atoms with van der Waals surface area (Å²) in [5.74, 6) is 1.08. The van der Waals surface area contributed by atoms with Gasteiger partial charge in [0, 0.05) is 16.7 Å². The molecular formula is C12H15BrN4O. The van der Waals surface area contributed by atoms with Gasteiger partial charge in [-0.3, -0.25) is 4.98 Å². The van der Waals surface area contributed by atoms with E-state index in [9.17, 15) is 0 Å². The van der Waals surface area contributed by atoms with Gasteiger partial charge in [-0.2, -0.15) is 4.98 Å². The SMILES string of the molecule is CCC(C)NCc1nc(-c2ncccc2Br)no1. The molecule has 2 aromatic rings. The number of pyridine rings is 1. The fraction of sp³-hybridized carbons (Fsp3) is 0.417. The lowest BCUT2D eigenvalue weighted by atomic mass is 10.3. The third-order valence-corrected chi connectivity index (χ3v) is 3.29. The van der Waals surface area contributed by atoms with Crippen molar-refractivity contribution in [3.05, 3.63) is 28.7 Å². The highest BCUT2D eigenvalue weighted by Gasteiger charge is 2.12. The van der Waals surface area contributed by atoms with Crippen LogP contribution in [-0.4, -0.2) is 21.2 Å². The lowest BCUT2D eigenvalue weighted by Crippen LogP contribution is -2.24. The summed E-state index contributed by atoms with van der Waals surface area (Å²) in [6, 6.07) is 4.18. The van der Waals surface area contributed by atoms with E-state index in [1.807, 2.05) is 12.1 Å². The van der Waals surface area contributed by atoms with Gasteiger partial charge < -0.3 is 9.84 Å². The van der Waals surface area contributed by atoms with Gasteiger partial charge in [-0.1, -0.05) is 12.1 Å². The van der Waals surface area contributed by atoms with E-state index in [4.69, 9.17) is 4.52 Å². The molecule has 0 radical (unpaired) electrons. The van der Waals surface area contributed by atoms with Crippen molar-refractivity contribution >= 4 is 15.9 Å². The Bertz CT molecular complexity index is 514. The average Bonchev–Trinajstić information content (AvgIpc) is 2.85. The number of hydrogen-bond donors (Lipinski definition) is 1. The van der Waals surface area contributed by atoms with E-state index in [2.05, 4.69) is 50.2 Å². The Balaban J connectivity index is 2.09. The monoisotopic (exact) mass is 310 g/mol. The minimum absolute atomic E-state index is 0.432. The number of halogens is 1. The number of rotatable bonds is 5. The normalized spacial score (nSPS) is 12.6. The maximum atomic E-state index is 5.18. The second-order valence-corrected chi connectivity index (χ2v) is 4.89. The highest BCUT2D eigenvalue weighted by atomic mass is 79.9. The third-order valence-electron chi connectivity index (χ3n) is 2.65. The Morgan fingerprint density at radius 1 is 1.50 bits per heavy atom. The molecule has 0 saturated heterocycles. The second kappa shape index (κ2) is 6.06. The Morgan fingerprint density at radius 3 is 3.06 bits per heavy atom. The summed E-state index contributed by atoms with van der Waals surface area (Å²) >= 11 is 3.42. The van der Waals surface area contributed by atoms with Gasteiger partial charge in [0.15, 0.2) is 0 Å². The van der Waals surface area contributed by atoms with Gasteiger partial charge in [0.2, 0.25) is 11.7 Å². The first-order valence-corrected chi connectivity index (χ1v) is 6.67. The fourth-order valence-corrected chi connectivity index (χ4v) is 1.81. The van der Waals surface area contributed by atoms with Gasteiger partial charge in [0.05, 0.1) is 6.54 Å². The van der Waals surface area contributed by atoms with Crippen LogP contribution in [0.4, 0.5) is 0 Å². The van der Waals surface area contributed by atoms with Crippen LogP contribution in [0, 0.1) is 0 Å². The number of nitrogens with one attached hydrogen (secondary N) is 1. The lowest BCUT2D eigenvalue weighted by molar-refractivity contribution is 0.358. The molecule has 6 heteroatoms. The van der Waals surface area contributed by atoms with Crippen molar-refractivity contribution in [3.8, 4) is 11.5 Å². The summed E-state index contributed by atoms with van der Waals surface area (Å²) in [7, 11) is 0. The average molecular weight is 311 g/mol. The van der Waals surface area contributed by atoms with Gasteiger partial charge >= 0.3 is 0 Å². The molecule has 2 aromatic heterocycles. The predicted molar refractivity (Wildman–Crippen MR) is 71.8 cm³/mol. The molecule has 0 aliphatic heterocycles. The number of nitrogens with zero attached hydrogens (tertiary/aromatic N) is 3. The maximum absolute atomic E-state index is 5.18. The van der Waals surface area contributed by atoms with Crippen LogP contribution in [0.5, 0.6) is 0 Å². The van der Waals surface area contributed by atoms with Gasteiger partial charge in [-0.15, -0.1) is 0 Å². The predicted octanol–water partition coefficient (Wildman–Crippen LogP) is 2.78. The molecule has 0 aliphatic rings. The topological polar surface area (TPSA) is 63.8 Å². The molecule has 5 nitrogen and oxygen atoms in total. The third kappa shape index (κ3) is 3.14. The van der Waals surface area contributed by atoms with Crippen molar-refractivity contribution in [2.24, 2.45) is 0 Å². The van der Waals surface area contributed by atoms with Crippen molar-refractivity contribution in [2.75, 3.05) is 0 Å². The van der Waals surface area contributed by atoms with Crippen LogP contribution in [0.25, 0.3) is 11.5 Å². The van der Waals surface area contributed by atoms with Crippen molar-refractivity contribution in [1.29, 1.82) is 0 Å². The maximum Gasteiger partial charge on any atom is 0.240 e. The van der Waals surface area contributed by atoms with Crippen molar-refractivity contribution in [2.45, 2.75) is 32.9 Å². The van der Waals surface area contributed by atoms with Gasteiger partial charge in [0.25, 0.3) is 0 Å². The summed E-state index contributed by atoms with van der Waals surface area (Å²) in [4.78, 5) is 8.54. The highest BCUT2D eigenvalue weighted by molar-refractivity contribution is 9.10. The smallest absolute Gasteiger partial charge is 0.240 e. The lowest BCUT2D eigenvalue weighted by Gasteiger charge is -2.07. The Morgan fingerprint density at radius 2 is 2.33 bits per heavy atom. The Labute approximate surface area is 114 Å². The molecule has 96 valence electrons. The largest absolute Gasteiger partial charge is 0.337 e. The highest BCUT2D eigenvalue weighted by Crippen LogP contribution is 2.22. The summed E-state index contributed by atoms with van der Waals surface area (Å²) < 4.78 is 6.04. The molecule has 0 spiro atoms. The van der Waals surface area contributed by atoms with Gasteiger partial charge in [0.1, 0.15) is 5.69 Å². The first kappa shape index (κ1) is 13.2. The molecule has 2 heterocycles. The second-order valence-electron chi connectivity index (χ2n) is 4.04. The van der Waals surface area contributed by atoms with Crippen molar-refractivity contribution < 1.29 is 4.52 Å². The van der Waals surface area contributed by atoms with Crippen LogP contribution in [0.3, 0.4) is 0 Å². The van der Waals surface area contributed by atoms with Crippen molar-refractivity contribution in [1.82, 2.24) is 20.4 Å². The van der Waals surface area contributed by atoms with E-state index in [1.165, 1.54) is 0 Å². The van der Waals surface area contributed by atoms with E-state index >= 15 is 0 Å². The molecule has 2 rings (SSSR count). The van der Waals surface area contributed by atoms with Gasteiger partial charge in [-0.25, -0.2) is 0 Å².